The van der Waals surface area contributed by atoms with Crippen molar-refractivity contribution in [3.8, 4) is 0 Å². The molecule has 0 aromatic rings. The quantitative estimate of drug-likeness (QED) is 0.703. The van der Waals surface area contributed by atoms with Gasteiger partial charge in [0.15, 0.2) is 5.11 Å². The van der Waals surface area contributed by atoms with E-state index in [0.717, 1.165) is 25.8 Å². The predicted molar refractivity (Wildman–Crippen MR) is 88.6 cm³/mol. The largest absolute Gasteiger partial charge is 0.362 e. The molecule has 1 aliphatic rings. The molecule has 1 atom stereocenters. The minimum atomic E-state index is 0.115. The van der Waals surface area contributed by atoms with Crippen LogP contribution in [0.3, 0.4) is 0 Å². The van der Waals surface area contributed by atoms with Crippen molar-refractivity contribution in [3.05, 3.63) is 0 Å². The molecular formula is C16H30N2OS. The van der Waals surface area contributed by atoms with Crippen LogP contribution in [0.5, 0.6) is 0 Å². The van der Waals surface area contributed by atoms with Crippen molar-refractivity contribution >= 4 is 23.2 Å². The van der Waals surface area contributed by atoms with E-state index in [0.29, 0.717) is 11.0 Å². The zero-order valence-electron chi connectivity index (χ0n) is 13.0. The molecule has 0 heterocycles. The highest BCUT2D eigenvalue weighted by Crippen LogP contribution is 2.23. The standard InChI is InChI=1S/C16H30N2OS/c1-3-5-9-13(4-2)12-17-16(20)18-15(19)14-10-7-6-8-11-14/h13-14H,3-12H2,1-2H3,(H2,17,18,19,20). The van der Waals surface area contributed by atoms with Crippen molar-refractivity contribution < 1.29 is 4.79 Å². The third kappa shape index (κ3) is 6.69. The van der Waals surface area contributed by atoms with Crippen LogP contribution in [0.1, 0.15) is 71.6 Å². The summed E-state index contributed by atoms with van der Waals surface area (Å²) in [5.74, 6) is 0.939. The van der Waals surface area contributed by atoms with Crippen molar-refractivity contribution in [2.45, 2.75) is 71.6 Å². The smallest absolute Gasteiger partial charge is 0.229 e. The number of amides is 1. The van der Waals surface area contributed by atoms with Crippen molar-refractivity contribution in [2.24, 2.45) is 11.8 Å². The Labute approximate surface area is 129 Å². The Kier molecular flexibility index (Phi) is 8.83. The molecule has 1 aliphatic carbocycles. The van der Waals surface area contributed by atoms with Gasteiger partial charge in [0.2, 0.25) is 5.91 Å². The number of carbonyl (C=O) groups is 1. The Morgan fingerprint density at radius 1 is 1.25 bits per heavy atom. The summed E-state index contributed by atoms with van der Waals surface area (Å²) in [5, 5.41) is 6.59. The number of thiocarbonyl (C=S) groups is 1. The Morgan fingerprint density at radius 3 is 2.55 bits per heavy atom. The Bertz CT molecular complexity index is 301. The lowest BCUT2D eigenvalue weighted by Crippen LogP contribution is -2.44. The van der Waals surface area contributed by atoms with Crippen LogP contribution >= 0.6 is 12.2 Å². The van der Waals surface area contributed by atoms with Gasteiger partial charge in [0, 0.05) is 12.5 Å². The first-order chi connectivity index (χ1) is 9.67. The molecule has 1 fully saturated rings. The molecule has 20 heavy (non-hydrogen) atoms. The molecule has 116 valence electrons. The van der Waals surface area contributed by atoms with E-state index >= 15 is 0 Å². The topological polar surface area (TPSA) is 41.1 Å². The molecule has 4 heteroatoms. The molecule has 0 aromatic carbocycles. The average molecular weight is 298 g/mol. The maximum Gasteiger partial charge on any atom is 0.229 e. The van der Waals surface area contributed by atoms with Crippen molar-refractivity contribution in [1.29, 1.82) is 0 Å². The maximum absolute atomic E-state index is 12.1. The van der Waals surface area contributed by atoms with Gasteiger partial charge >= 0.3 is 0 Å². The molecule has 0 saturated heterocycles. The first-order valence-corrected chi connectivity index (χ1v) is 8.66. The van der Waals surface area contributed by atoms with Gasteiger partial charge in [0.05, 0.1) is 0 Å². The van der Waals surface area contributed by atoms with Crippen LogP contribution in [0.15, 0.2) is 0 Å². The number of hydrogen-bond acceptors (Lipinski definition) is 2. The van der Waals surface area contributed by atoms with E-state index in [2.05, 4.69) is 24.5 Å². The molecule has 2 N–H and O–H groups in total. The summed E-state index contributed by atoms with van der Waals surface area (Å²) in [6.45, 7) is 5.31. The minimum absolute atomic E-state index is 0.115. The molecule has 1 unspecified atom stereocenters. The lowest BCUT2D eigenvalue weighted by atomic mass is 9.89. The fourth-order valence-corrected chi connectivity index (χ4v) is 2.99. The van der Waals surface area contributed by atoms with Gasteiger partial charge in [-0.05, 0) is 37.4 Å². The Balaban J connectivity index is 2.22. The van der Waals surface area contributed by atoms with E-state index in [1.165, 1.54) is 38.5 Å². The second-order valence-corrected chi connectivity index (χ2v) is 6.36. The average Bonchev–Trinajstić information content (AvgIpc) is 2.48. The summed E-state index contributed by atoms with van der Waals surface area (Å²) in [5.41, 5.74) is 0. The normalized spacial score (nSPS) is 17.5. The van der Waals surface area contributed by atoms with E-state index in [1.54, 1.807) is 0 Å². The summed E-state index contributed by atoms with van der Waals surface area (Å²) in [6.07, 6.45) is 10.5. The SMILES string of the molecule is CCCCC(CC)CNC(=S)NC(=O)C1CCCCC1. The van der Waals surface area contributed by atoms with Gasteiger partial charge < -0.3 is 10.6 Å². The molecule has 1 amide bonds. The Hall–Kier alpha value is -0.640. The van der Waals surface area contributed by atoms with Crippen LogP contribution in [0.4, 0.5) is 0 Å². The van der Waals surface area contributed by atoms with Gasteiger partial charge in [-0.15, -0.1) is 0 Å². The molecule has 1 saturated carbocycles. The van der Waals surface area contributed by atoms with E-state index in [4.69, 9.17) is 12.2 Å². The number of carbonyl (C=O) groups excluding carboxylic acids is 1. The number of nitrogens with one attached hydrogen (secondary N) is 2. The summed E-state index contributed by atoms with van der Waals surface area (Å²) < 4.78 is 0. The van der Waals surface area contributed by atoms with Crippen LogP contribution in [0.25, 0.3) is 0 Å². The van der Waals surface area contributed by atoms with E-state index in [9.17, 15) is 4.79 Å². The molecule has 0 spiro atoms. The highest BCUT2D eigenvalue weighted by atomic mass is 32.1. The molecule has 0 bridgehead atoms. The lowest BCUT2D eigenvalue weighted by Gasteiger charge is -2.22. The molecule has 0 aromatic heterocycles. The minimum Gasteiger partial charge on any atom is -0.362 e. The van der Waals surface area contributed by atoms with Crippen LogP contribution in [-0.2, 0) is 4.79 Å². The highest BCUT2D eigenvalue weighted by molar-refractivity contribution is 7.80. The van der Waals surface area contributed by atoms with Crippen molar-refractivity contribution in [3.63, 3.8) is 0 Å². The van der Waals surface area contributed by atoms with Gasteiger partial charge in [-0.3, -0.25) is 4.79 Å². The van der Waals surface area contributed by atoms with Crippen LogP contribution in [0.2, 0.25) is 0 Å². The first-order valence-electron chi connectivity index (χ1n) is 8.26. The molecule has 1 rings (SSSR count). The number of hydrogen-bond donors (Lipinski definition) is 2. The fourth-order valence-electron chi connectivity index (χ4n) is 2.80. The number of unbranched alkanes of at least 4 members (excludes halogenated alkanes) is 1. The number of rotatable bonds is 7. The van der Waals surface area contributed by atoms with Crippen molar-refractivity contribution in [1.82, 2.24) is 10.6 Å². The first kappa shape index (κ1) is 17.4. The summed E-state index contributed by atoms with van der Waals surface area (Å²) >= 11 is 5.24. The predicted octanol–water partition coefficient (Wildman–Crippen LogP) is 3.77. The van der Waals surface area contributed by atoms with Crippen molar-refractivity contribution in [2.75, 3.05) is 6.54 Å². The van der Waals surface area contributed by atoms with E-state index < -0.39 is 0 Å². The summed E-state index contributed by atoms with van der Waals surface area (Å²) in [7, 11) is 0. The highest BCUT2D eigenvalue weighted by Gasteiger charge is 2.21. The Morgan fingerprint density at radius 2 is 1.95 bits per heavy atom. The molecule has 3 nitrogen and oxygen atoms in total. The van der Waals surface area contributed by atoms with Gasteiger partial charge in [0.25, 0.3) is 0 Å². The second kappa shape index (κ2) is 10.1. The van der Waals surface area contributed by atoms with E-state index in [1.807, 2.05) is 0 Å². The third-order valence-corrected chi connectivity index (χ3v) is 4.55. The molecule has 0 aliphatic heterocycles. The molecule has 0 radical (unpaired) electrons. The third-order valence-electron chi connectivity index (χ3n) is 4.31. The van der Waals surface area contributed by atoms with Gasteiger partial charge in [-0.25, -0.2) is 0 Å². The van der Waals surface area contributed by atoms with Gasteiger partial charge in [-0.2, -0.15) is 0 Å². The fraction of sp³-hybridized carbons (Fsp3) is 0.875. The van der Waals surface area contributed by atoms with Crippen LogP contribution in [0, 0.1) is 11.8 Å². The summed E-state index contributed by atoms with van der Waals surface area (Å²) in [6, 6.07) is 0. The van der Waals surface area contributed by atoms with Gasteiger partial charge in [-0.1, -0.05) is 52.4 Å². The molecular weight excluding hydrogens is 268 g/mol. The maximum atomic E-state index is 12.1. The van der Waals surface area contributed by atoms with E-state index in [-0.39, 0.29) is 11.8 Å². The monoisotopic (exact) mass is 298 g/mol. The second-order valence-electron chi connectivity index (χ2n) is 5.95. The van der Waals surface area contributed by atoms with Crippen LogP contribution in [-0.4, -0.2) is 17.6 Å². The zero-order valence-corrected chi connectivity index (χ0v) is 13.9. The summed E-state index contributed by atoms with van der Waals surface area (Å²) in [4.78, 5) is 12.1. The lowest BCUT2D eigenvalue weighted by molar-refractivity contribution is -0.124. The van der Waals surface area contributed by atoms with Crippen LogP contribution < -0.4 is 10.6 Å². The zero-order chi connectivity index (χ0) is 14.8. The van der Waals surface area contributed by atoms with Gasteiger partial charge in [0.1, 0.15) is 0 Å².